The third-order valence-corrected chi connectivity index (χ3v) is 4.70. The van der Waals surface area contributed by atoms with Crippen molar-refractivity contribution < 1.29 is 4.74 Å². The van der Waals surface area contributed by atoms with Crippen LogP contribution in [0.25, 0.3) is 0 Å². The van der Waals surface area contributed by atoms with Gasteiger partial charge in [-0.15, -0.1) is 24.0 Å². The van der Waals surface area contributed by atoms with E-state index in [9.17, 15) is 0 Å². The van der Waals surface area contributed by atoms with E-state index in [0.29, 0.717) is 18.3 Å². The number of aromatic nitrogens is 1. The highest BCUT2D eigenvalue weighted by Crippen LogP contribution is 2.33. The molecule has 1 saturated heterocycles. The number of guanidine groups is 1. The Morgan fingerprint density at radius 1 is 1.50 bits per heavy atom. The van der Waals surface area contributed by atoms with Crippen molar-refractivity contribution in [2.75, 3.05) is 31.3 Å². The monoisotopic (exact) mass is 408 g/mol. The number of hydrogen-bond donors (Lipinski definition) is 2. The van der Waals surface area contributed by atoms with Gasteiger partial charge in [0.2, 0.25) is 0 Å². The van der Waals surface area contributed by atoms with E-state index >= 15 is 0 Å². The molecule has 0 aromatic carbocycles. The van der Waals surface area contributed by atoms with E-state index in [4.69, 9.17) is 10.5 Å². The number of halogens is 1. The maximum atomic E-state index is 5.89. The van der Waals surface area contributed by atoms with Crippen molar-refractivity contribution in [1.82, 2.24) is 4.98 Å². The second-order valence-corrected chi connectivity index (χ2v) is 5.82. The molecule has 0 spiro atoms. The quantitative estimate of drug-likeness (QED) is 0.455. The fraction of sp³-hybridized carbons (Fsp3) is 0.538. The van der Waals surface area contributed by atoms with Gasteiger partial charge in [-0.25, -0.2) is 4.98 Å². The molecule has 0 aliphatic carbocycles. The van der Waals surface area contributed by atoms with Gasteiger partial charge in [-0.05, 0) is 31.2 Å². The van der Waals surface area contributed by atoms with E-state index in [2.05, 4.69) is 21.5 Å². The SMILES string of the molecule is CSC1(CN=C(N)Nc2ccccn2)CCOCC1.I. The molecule has 1 aliphatic rings. The standard InChI is InChI=1S/C13H20N4OS.HI/c1-19-13(5-8-18-9-6-13)10-16-12(14)17-11-4-2-3-7-15-11;/h2-4,7H,5-6,8-10H2,1H3,(H3,14,15,16,17);1H. The predicted molar refractivity (Wildman–Crippen MR) is 96.1 cm³/mol. The molecular weight excluding hydrogens is 387 g/mol. The Morgan fingerprint density at radius 2 is 2.25 bits per heavy atom. The summed E-state index contributed by atoms with van der Waals surface area (Å²) < 4.78 is 5.57. The largest absolute Gasteiger partial charge is 0.381 e. The summed E-state index contributed by atoms with van der Waals surface area (Å²) >= 11 is 1.86. The minimum absolute atomic E-state index is 0. The molecule has 5 nitrogen and oxygen atoms in total. The Labute approximate surface area is 141 Å². The zero-order chi connectivity index (χ0) is 13.6. The summed E-state index contributed by atoms with van der Waals surface area (Å²) in [6.45, 7) is 2.33. The van der Waals surface area contributed by atoms with Gasteiger partial charge in [-0.1, -0.05) is 6.07 Å². The van der Waals surface area contributed by atoms with Crippen LogP contribution >= 0.6 is 35.7 Å². The first-order valence-electron chi connectivity index (χ1n) is 6.35. The van der Waals surface area contributed by atoms with Crippen LogP contribution in [0.4, 0.5) is 5.82 Å². The second-order valence-electron chi connectivity index (χ2n) is 4.54. The first kappa shape index (κ1) is 17.5. The highest BCUT2D eigenvalue weighted by atomic mass is 127. The smallest absolute Gasteiger partial charge is 0.194 e. The summed E-state index contributed by atoms with van der Waals surface area (Å²) in [7, 11) is 0. The van der Waals surface area contributed by atoms with E-state index < -0.39 is 0 Å². The third kappa shape index (κ3) is 5.10. The second kappa shape index (κ2) is 8.68. The lowest BCUT2D eigenvalue weighted by Crippen LogP contribution is -2.37. The number of hydrogen-bond acceptors (Lipinski definition) is 4. The summed E-state index contributed by atoms with van der Waals surface area (Å²) in [5, 5.41) is 3.00. The lowest BCUT2D eigenvalue weighted by atomic mass is 9.99. The van der Waals surface area contributed by atoms with Gasteiger partial charge in [-0.2, -0.15) is 11.8 Å². The van der Waals surface area contributed by atoms with Gasteiger partial charge < -0.3 is 15.8 Å². The zero-order valence-corrected chi connectivity index (χ0v) is 14.7. The van der Waals surface area contributed by atoms with Crippen LogP contribution in [0.5, 0.6) is 0 Å². The van der Waals surface area contributed by atoms with E-state index in [1.54, 1.807) is 6.20 Å². The maximum absolute atomic E-state index is 5.89. The molecule has 7 heteroatoms. The van der Waals surface area contributed by atoms with Crippen molar-refractivity contribution in [2.45, 2.75) is 17.6 Å². The number of thioether (sulfide) groups is 1. The van der Waals surface area contributed by atoms with Gasteiger partial charge in [0.15, 0.2) is 5.96 Å². The van der Waals surface area contributed by atoms with Gasteiger partial charge in [0, 0.05) is 24.2 Å². The minimum atomic E-state index is 0. The average molecular weight is 408 g/mol. The lowest BCUT2D eigenvalue weighted by Gasteiger charge is -2.34. The normalized spacial score (nSPS) is 18.1. The Balaban J connectivity index is 0.00000200. The van der Waals surface area contributed by atoms with Gasteiger partial charge in [0.05, 0.1) is 6.54 Å². The lowest BCUT2D eigenvalue weighted by molar-refractivity contribution is 0.0794. The zero-order valence-electron chi connectivity index (χ0n) is 11.5. The highest BCUT2D eigenvalue weighted by molar-refractivity contribution is 14.0. The number of aliphatic imine (C=N–C) groups is 1. The molecule has 0 bridgehead atoms. The Hall–Kier alpha value is -0.540. The third-order valence-electron chi connectivity index (χ3n) is 3.30. The predicted octanol–water partition coefficient (Wildman–Crippen LogP) is 2.34. The van der Waals surface area contributed by atoms with Crippen LogP contribution in [0.3, 0.4) is 0 Å². The number of nitrogens with one attached hydrogen (secondary N) is 1. The molecule has 0 amide bonds. The van der Waals surface area contributed by atoms with Crippen LogP contribution in [0.15, 0.2) is 29.4 Å². The molecule has 1 aliphatic heterocycles. The molecule has 0 atom stereocenters. The van der Waals surface area contributed by atoms with Crippen LogP contribution in [-0.4, -0.2) is 41.7 Å². The van der Waals surface area contributed by atoms with Crippen LogP contribution in [-0.2, 0) is 4.74 Å². The van der Waals surface area contributed by atoms with Crippen molar-refractivity contribution >= 4 is 47.5 Å². The van der Waals surface area contributed by atoms with Crippen molar-refractivity contribution in [3.05, 3.63) is 24.4 Å². The average Bonchev–Trinajstić information content (AvgIpc) is 2.47. The van der Waals surface area contributed by atoms with Gasteiger partial charge in [-0.3, -0.25) is 4.99 Å². The molecule has 1 aromatic heterocycles. The highest BCUT2D eigenvalue weighted by Gasteiger charge is 2.31. The first-order valence-corrected chi connectivity index (χ1v) is 7.57. The molecule has 112 valence electrons. The summed E-state index contributed by atoms with van der Waals surface area (Å²) in [5.74, 6) is 1.13. The van der Waals surface area contributed by atoms with Crippen LogP contribution < -0.4 is 11.1 Å². The Kier molecular flexibility index (Phi) is 7.60. The fourth-order valence-electron chi connectivity index (χ4n) is 2.01. The van der Waals surface area contributed by atoms with Crippen molar-refractivity contribution in [3.8, 4) is 0 Å². The number of nitrogens with two attached hydrogens (primary N) is 1. The molecule has 1 aromatic rings. The molecule has 0 radical (unpaired) electrons. The summed E-state index contributed by atoms with van der Waals surface area (Å²) in [5.41, 5.74) is 5.89. The van der Waals surface area contributed by atoms with Gasteiger partial charge >= 0.3 is 0 Å². The maximum Gasteiger partial charge on any atom is 0.194 e. The van der Waals surface area contributed by atoms with E-state index in [-0.39, 0.29) is 28.7 Å². The molecular formula is C13H21IN4OS. The van der Waals surface area contributed by atoms with Crippen LogP contribution in [0, 0.1) is 0 Å². The van der Waals surface area contributed by atoms with Crippen LogP contribution in [0.2, 0.25) is 0 Å². The number of pyridine rings is 1. The van der Waals surface area contributed by atoms with E-state index in [1.807, 2.05) is 30.0 Å². The summed E-state index contributed by atoms with van der Waals surface area (Å²) in [6, 6.07) is 5.63. The number of ether oxygens (including phenoxy) is 1. The molecule has 2 rings (SSSR count). The van der Waals surface area contributed by atoms with Crippen LogP contribution in [0.1, 0.15) is 12.8 Å². The molecule has 1 fully saturated rings. The molecule has 20 heavy (non-hydrogen) atoms. The Bertz CT molecular complexity index is 424. The minimum Gasteiger partial charge on any atom is -0.381 e. The number of anilines is 1. The van der Waals surface area contributed by atoms with E-state index in [0.717, 1.165) is 26.1 Å². The molecule has 2 heterocycles. The topological polar surface area (TPSA) is 72.5 Å². The molecule has 3 N–H and O–H groups in total. The number of rotatable bonds is 4. The Morgan fingerprint density at radius 3 is 2.85 bits per heavy atom. The van der Waals surface area contributed by atoms with Gasteiger partial charge in [0.25, 0.3) is 0 Å². The summed E-state index contributed by atoms with van der Waals surface area (Å²) in [4.78, 5) is 8.61. The fourth-order valence-corrected chi connectivity index (χ4v) is 2.78. The van der Waals surface area contributed by atoms with E-state index in [1.165, 1.54) is 0 Å². The van der Waals surface area contributed by atoms with Crippen molar-refractivity contribution in [2.24, 2.45) is 10.7 Å². The molecule has 0 unspecified atom stereocenters. The first-order chi connectivity index (χ1) is 9.24. The van der Waals surface area contributed by atoms with Crippen molar-refractivity contribution in [3.63, 3.8) is 0 Å². The van der Waals surface area contributed by atoms with Crippen molar-refractivity contribution in [1.29, 1.82) is 0 Å². The summed E-state index contributed by atoms with van der Waals surface area (Å²) in [6.07, 6.45) is 5.89. The van der Waals surface area contributed by atoms with Gasteiger partial charge in [0.1, 0.15) is 5.82 Å². The molecule has 0 saturated carbocycles. The number of nitrogens with zero attached hydrogens (tertiary/aromatic N) is 2.